The molecule has 2 aromatic carbocycles. The molecule has 0 unspecified atom stereocenters. The van der Waals surface area contributed by atoms with Gasteiger partial charge in [0.1, 0.15) is 6.33 Å². The molecule has 0 fully saturated rings. The second-order valence-corrected chi connectivity index (χ2v) is 5.11. The van der Waals surface area contributed by atoms with Crippen molar-refractivity contribution in [3.63, 3.8) is 0 Å². The van der Waals surface area contributed by atoms with Gasteiger partial charge < -0.3 is 5.32 Å². The van der Waals surface area contributed by atoms with Gasteiger partial charge in [0.05, 0.1) is 10.5 Å². The fraction of sp³-hybridized carbons (Fsp3) is 0.0625. The van der Waals surface area contributed by atoms with E-state index in [9.17, 15) is 14.9 Å². The number of aromatic amines is 1. The van der Waals surface area contributed by atoms with Gasteiger partial charge in [0.2, 0.25) is 5.95 Å². The van der Waals surface area contributed by atoms with Crippen molar-refractivity contribution in [1.82, 2.24) is 15.2 Å². The molecule has 1 heterocycles. The van der Waals surface area contributed by atoms with Crippen LogP contribution in [0.4, 0.5) is 17.3 Å². The maximum Gasteiger partial charge on any atom is 0.270 e. The number of hydrogen-bond donors (Lipinski definition) is 3. The number of nitrogens with zero attached hydrogens (tertiary/aromatic N) is 3. The molecule has 1 amide bonds. The van der Waals surface area contributed by atoms with Gasteiger partial charge in [-0.2, -0.15) is 10.1 Å². The first kappa shape index (κ1) is 16.1. The monoisotopic (exact) mass is 338 g/mol. The first-order valence-corrected chi connectivity index (χ1v) is 7.36. The van der Waals surface area contributed by atoms with Crippen LogP contribution >= 0.6 is 0 Å². The van der Waals surface area contributed by atoms with Gasteiger partial charge in [0.25, 0.3) is 11.6 Å². The number of amides is 1. The zero-order chi connectivity index (χ0) is 17.6. The summed E-state index contributed by atoms with van der Waals surface area (Å²) in [7, 11) is 0. The van der Waals surface area contributed by atoms with Gasteiger partial charge >= 0.3 is 0 Å². The molecule has 3 aromatic rings. The number of anilines is 2. The molecule has 9 nitrogen and oxygen atoms in total. The Bertz CT molecular complexity index is 880. The minimum atomic E-state index is -0.549. The van der Waals surface area contributed by atoms with Crippen molar-refractivity contribution in [3.8, 4) is 0 Å². The number of nitro groups is 1. The quantitative estimate of drug-likeness (QED) is 0.468. The summed E-state index contributed by atoms with van der Waals surface area (Å²) in [4.78, 5) is 26.7. The fourth-order valence-corrected chi connectivity index (χ4v) is 2.22. The van der Waals surface area contributed by atoms with Gasteiger partial charge in [0, 0.05) is 24.4 Å². The first-order valence-electron chi connectivity index (χ1n) is 7.36. The number of carbonyl (C=O) groups excluding carboxylic acids is 1. The van der Waals surface area contributed by atoms with E-state index in [0.29, 0.717) is 12.2 Å². The molecule has 0 aliphatic heterocycles. The fourth-order valence-electron chi connectivity index (χ4n) is 2.22. The van der Waals surface area contributed by atoms with Crippen LogP contribution in [0.5, 0.6) is 0 Å². The van der Waals surface area contributed by atoms with Gasteiger partial charge in [0.15, 0.2) is 0 Å². The molecule has 1 aromatic heterocycles. The van der Waals surface area contributed by atoms with Crippen molar-refractivity contribution in [2.75, 3.05) is 10.6 Å². The number of rotatable bonds is 6. The van der Waals surface area contributed by atoms with E-state index in [0.717, 1.165) is 5.56 Å². The SMILES string of the molecule is O=C(Nc1ncn[nH]1)c1cc([N+](=O)[O-])ccc1NCc1ccccc1. The summed E-state index contributed by atoms with van der Waals surface area (Å²) in [6, 6.07) is 13.7. The Morgan fingerprint density at radius 3 is 2.68 bits per heavy atom. The number of nitro benzene ring substituents is 1. The van der Waals surface area contributed by atoms with E-state index in [1.165, 1.54) is 24.5 Å². The molecular weight excluding hydrogens is 324 g/mol. The second kappa shape index (κ2) is 7.21. The van der Waals surface area contributed by atoms with Crippen LogP contribution < -0.4 is 10.6 Å². The minimum absolute atomic E-state index is 0.140. The Kier molecular flexibility index (Phi) is 4.65. The molecule has 0 saturated heterocycles. The third-order valence-electron chi connectivity index (χ3n) is 3.43. The molecule has 3 N–H and O–H groups in total. The molecule has 0 radical (unpaired) electrons. The normalized spacial score (nSPS) is 10.2. The Labute approximate surface area is 142 Å². The van der Waals surface area contributed by atoms with Crippen molar-refractivity contribution < 1.29 is 9.72 Å². The lowest BCUT2D eigenvalue weighted by atomic mass is 10.1. The maximum atomic E-state index is 12.5. The lowest BCUT2D eigenvalue weighted by Crippen LogP contribution is -2.16. The number of hydrogen-bond acceptors (Lipinski definition) is 6. The molecule has 9 heteroatoms. The summed E-state index contributed by atoms with van der Waals surface area (Å²) in [5, 5.41) is 22.8. The molecular formula is C16H14N6O3. The average Bonchev–Trinajstić information content (AvgIpc) is 3.13. The van der Waals surface area contributed by atoms with Crippen LogP contribution in [-0.4, -0.2) is 26.0 Å². The van der Waals surface area contributed by atoms with E-state index >= 15 is 0 Å². The first-order chi connectivity index (χ1) is 12.1. The predicted octanol–water partition coefficient (Wildman–Crippen LogP) is 2.58. The third kappa shape index (κ3) is 3.96. The van der Waals surface area contributed by atoms with Gasteiger partial charge in [-0.3, -0.25) is 20.2 Å². The van der Waals surface area contributed by atoms with Crippen LogP contribution in [0.25, 0.3) is 0 Å². The summed E-state index contributed by atoms with van der Waals surface area (Å²) in [6.45, 7) is 0.473. The molecule has 0 atom stereocenters. The van der Waals surface area contributed by atoms with Crippen LogP contribution in [0.2, 0.25) is 0 Å². The molecule has 3 rings (SSSR count). The van der Waals surface area contributed by atoms with E-state index in [2.05, 4.69) is 25.8 Å². The van der Waals surface area contributed by atoms with Crippen LogP contribution in [-0.2, 0) is 6.54 Å². The standard InChI is InChI=1S/C16H14N6O3/c23-15(20-16-18-10-19-21-16)13-8-12(22(24)25)6-7-14(13)17-9-11-4-2-1-3-5-11/h1-8,10,17H,9H2,(H2,18,19,20,21,23). The number of carbonyl (C=O) groups is 1. The third-order valence-corrected chi connectivity index (χ3v) is 3.43. The molecule has 0 saturated carbocycles. The molecule has 0 aliphatic rings. The Morgan fingerprint density at radius 1 is 1.20 bits per heavy atom. The van der Waals surface area contributed by atoms with Crippen LogP contribution in [0, 0.1) is 10.1 Å². The van der Waals surface area contributed by atoms with Gasteiger partial charge in [-0.1, -0.05) is 30.3 Å². The summed E-state index contributed by atoms with van der Waals surface area (Å²) in [5.41, 5.74) is 1.46. The van der Waals surface area contributed by atoms with Crippen LogP contribution in [0.15, 0.2) is 54.9 Å². The molecule has 25 heavy (non-hydrogen) atoms. The van der Waals surface area contributed by atoms with E-state index < -0.39 is 10.8 Å². The molecule has 0 spiro atoms. The van der Waals surface area contributed by atoms with Crippen molar-refractivity contribution in [2.45, 2.75) is 6.54 Å². The maximum absolute atomic E-state index is 12.5. The second-order valence-electron chi connectivity index (χ2n) is 5.11. The molecule has 0 aliphatic carbocycles. The lowest BCUT2D eigenvalue weighted by Gasteiger charge is -2.11. The predicted molar refractivity (Wildman–Crippen MR) is 91.2 cm³/mol. The number of nitrogens with one attached hydrogen (secondary N) is 3. The van der Waals surface area contributed by atoms with Crippen molar-refractivity contribution >= 4 is 23.2 Å². The van der Waals surface area contributed by atoms with Crippen LogP contribution in [0.3, 0.4) is 0 Å². The van der Waals surface area contributed by atoms with E-state index in [4.69, 9.17) is 0 Å². The summed E-state index contributed by atoms with van der Waals surface area (Å²) < 4.78 is 0. The minimum Gasteiger partial charge on any atom is -0.380 e. The highest BCUT2D eigenvalue weighted by Crippen LogP contribution is 2.23. The summed E-state index contributed by atoms with van der Waals surface area (Å²) in [6.07, 6.45) is 1.25. The van der Waals surface area contributed by atoms with Gasteiger partial charge in [-0.15, -0.1) is 0 Å². The highest BCUT2D eigenvalue weighted by atomic mass is 16.6. The van der Waals surface area contributed by atoms with E-state index in [-0.39, 0.29) is 17.2 Å². The highest BCUT2D eigenvalue weighted by molar-refractivity contribution is 6.07. The molecule has 126 valence electrons. The Hall–Kier alpha value is -3.75. The van der Waals surface area contributed by atoms with Crippen molar-refractivity contribution in [2.24, 2.45) is 0 Å². The largest absolute Gasteiger partial charge is 0.380 e. The van der Waals surface area contributed by atoms with Crippen molar-refractivity contribution in [1.29, 1.82) is 0 Å². The summed E-state index contributed by atoms with van der Waals surface area (Å²) in [5.74, 6) is -0.374. The zero-order valence-electron chi connectivity index (χ0n) is 13.0. The van der Waals surface area contributed by atoms with Crippen LogP contribution in [0.1, 0.15) is 15.9 Å². The average molecular weight is 338 g/mol. The van der Waals surface area contributed by atoms with E-state index in [1.807, 2.05) is 30.3 Å². The van der Waals surface area contributed by atoms with Gasteiger partial charge in [-0.05, 0) is 11.6 Å². The lowest BCUT2D eigenvalue weighted by molar-refractivity contribution is -0.384. The topological polar surface area (TPSA) is 126 Å². The number of aromatic nitrogens is 3. The highest BCUT2D eigenvalue weighted by Gasteiger charge is 2.17. The van der Waals surface area contributed by atoms with Gasteiger partial charge in [-0.25, -0.2) is 5.10 Å². The Morgan fingerprint density at radius 2 is 2.00 bits per heavy atom. The number of H-pyrrole nitrogens is 1. The number of non-ortho nitro benzene ring substituents is 1. The van der Waals surface area contributed by atoms with E-state index in [1.54, 1.807) is 0 Å². The van der Waals surface area contributed by atoms with Crippen molar-refractivity contribution in [3.05, 3.63) is 76.1 Å². The number of benzene rings is 2. The summed E-state index contributed by atoms with van der Waals surface area (Å²) >= 11 is 0. The Balaban J connectivity index is 1.85. The smallest absolute Gasteiger partial charge is 0.270 e. The zero-order valence-corrected chi connectivity index (χ0v) is 13.0. The molecule has 0 bridgehead atoms.